The summed E-state index contributed by atoms with van der Waals surface area (Å²) >= 11 is 5.82. The van der Waals surface area contributed by atoms with Crippen LogP contribution in [0.1, 0.15) is 39.5 Å². The van der Waals surface area contributed by atoms with Gasteiger partial charge in [-0.2, -0.15) is 0 Å². The average Bonchev–Trinajstić information content (AvgIpc) is 2.40. The summed E-state index contributed by atoms with van der Waals surface area (Å²) in [5, 5.41) is 6.95. The number of carbonyl (C=O) groups is 1. The van der Waals surface area contributed by atoms with Crippen LogP contribution in [0.5, 0.6) is 0 Å². The lowest BCUT2D eigenvalue weighted by Crippen LogP contribution is -2.46. The summed E-state index contributed by atoms with van der Waals surface area (Å²) in [4.78, 5) is 11.9. The number of hydrogen-bond donors (Lipinski definition) is 2. The Morgan fingerprint density at radius 1 is 1.30 bits per heavy atom. The molecule has 4 heteroatoms. The number of halogens is 1. The minimum Gasteiger partial charge on any atom is -0.325 e. The van der Waals surface area contributed by atoms with Crippen LogP contribution < -0.4 is 10.6 Å². The van der Waals surface area contributed by atoms with E-state index < -0.39 is 0 Å². The van der Waals surface area contributed by atoms with Gasteiger partial charge in [-0.15, -0.1) is 0 Å². The van der Waals surface area contributed by atoms with E-state index >= 15 is 0 Å². The van der Waals surface area contributed by atoms with Crippen molar-refractivity contribution in [1.82, 2.24) is 5.32 Å². The van der Waals surface area contributed by atoms with E-state index in [0.29, 0.717) is 17.6 Å². The van der Waals surface area contributed by atoms with Crippen LogP contribution in [0.25, 0.3) is 0 Å². The van der Waals surface area contributed by atoms with Crippen molar-refractivity contribution in [3.63, 3.8) is 0 Å². The minimum atomic E-state index is -0.00584. The molecule has 110 valence electrons. The Balaban J connectivity index is 1.81. The van der Waals surface area contributed by atoms with Crippen molar-refractivity contribution < 1.29 is 4.79 Å². The second kappa shape index (κ2) is 6.59. The molecule has 0 spiro atoms. The zero-order valence-corrected chi connectivity index (χ0v) is 13.0. The molecule has 1 aromatic carbocycles. The summed E-state index contributed by atoms with van der Waals surface area (Å²) < 4.78 is 0. The Morgan fingerprint density at radius 3 is 2.65 bits per heavy atom. The molecule has 3 nitrogen and oxygen atoms in total. The lowest BCUT2D eigenvalue weighted by molar-refractivity contribution is -0.115. The number of anilines is 1. The Morgan fingerprint density at radius 2 is 2.00 bits per heavy atom. The maximum atomic E-state index is 11.9. The molecule has 0 aromatic heterocycles. The van der Waals surface area contributed by atoms with E-state index in [2.05, 4.69) is 24.5 Å². The van der Waals surface area contributed by atoms with Gasteiger partial charge < -0.3 is 10.6 Å². The van der Waals surface area contributed by atoms with E-state index in [9.17, 15) is 4.79 Å². The standard InChI is InChI=1S/C16H23ClN2O/c1-16(2)10-4-3-5-14(16)18-11-15(20)19-13-8-6-12(17)7-9-13/h6-9,14,18H,3-5,10-11H2,1-2H3,(H,19,20). The molecular weight excluding hydrogens is 272 g/mol. The first kappa shape index (κ1) is 15.3. The van der Waals surface area contributed by atoms with E-state index in [0.717, 1.165) is 12.1 Å². The summed E-state index contributed by atoms with van der Waals surface area (Å²) in [5.41, 5.74) is 1.06. The highest BCUT2D eigenvalue weighted by Crippen LogP contribution is 2.35. The number of carbonyl (C=O) groups excluding carboxylic acids is 1. The van der Waals surface area contributed by atoms with Crippen molar-refractivity contribution in [2.45, 2.75) is 45.6 Å². The van der Waals surface area contributed by atoms with Crippen LogP contribution in [0, 0.1) is 5.41 Å². The van der Waals surface area contributed by atoms with Crippen LogP contribution in [0.15, 0.2) is 24.3 Å². The lowest BCUT2D eigenvalue weighted by atomic mass is 9.73. The van der Waals surface area contributed by atoms with Crippen molar-refractivity contribution in [3.8, 4) is 0 Å². The van der Waals surface area contributed by atoms with Crippen molar-refractivity contribution in [2.75, 3.05) is 11.9 Å². The van der Waals surface area contributed by atoms with Gasteiger partial charge in [-0.05, 0) is 42.5 Å². The molecule has 20 heavy (non-hydrogen) atoms. The fraction of sp³-hybridized carbons (Fsp3) is 0.562. The molecule has 0 aliphatic heterocycles. The van der Waals surface area contributed by atoms with E-state index in [1.54, 1.807) is 12.1 Å². The van der Waals surface area contributed by atoms with E-state index in [-0.39, 0.29) is 11.3 Å². The first-order valence-electron chi connectivity index (χ1n) is 7.26. The third kappa shape index (κ3) is 4.22. The fourth-order valence-corrected chi connectivity index (χ4v) is 2.95. The molecule has 2 N–H and O–H groups in total. The Hall–Kier alpha value is -1.06. The van der Waals surface area contributed by atoms with E-state index in [1.165, 1.54) is 19.3 Å². The van der Waals surface area contributed by atoms with Gasteiger partial charge in [0.1, 0.15) is 0 Å². The van der Waals surface area contributed by atoms with Gasteiger partial charge in [-0.3, -0.25) is 4.79 Å². The summed E-state index contributed by atoms with van der Waals surface area (Å²) in [5.74, 6) is -0.00584. The predicted molar refractivity (Wildman–Crippen MR) is 84.1 cm³/mol. The SMILES string of the molecule is CC1(C)CCCCC1NCC(=O)Nc1ccc(Cl)cc1. The molecule has 1 saturated carbocycles. The largest absolute Gasteiger partial charge is 0.325 e. The van der Waals surface area contributed by atoms with E-state index in [4.69, 9.17) is 11.6 Å². The molecule has 1 aromatic rings. The van der Waals surface area contributed by atoms with Crippen molar-refractivity contribution in [3.05, 3.63) is 29.3 Å². The van der Waals surface area contributed by atoms with Crippen LogP contribution in [-0.4, -0.2) is 18.5 Å². The van der Waals surface area contributed by atoms with Gasteiger partial charge in [0.25, 0.3) is 0 Å². The van der Waals surface area contributed by atoms with Gasteiger partial charge in [0.15, 0.2) is 0 Å². The zero-order valence-electron chi connectivity index (χ0n) is 12.2. The quantitative estimate of drug-likeness (QED) is 0.886. The highest BCUT2D eigenvalue weighted by Gasteiger charge is 2.31. The normalized spacial score (nSPS) is 21.4. The first-order chi connectivity index (χ1) is 9.47. The molecule has 1 amide bonds. The summed E-state index contributed by atoms with van der Waals surface area (Å²) in [6.45, 7) is 4.92. The molecule has 0 radical (unpaired) electrons. The van der Waals surface area contributed by atoms with Gasteiger partial charge in [0, 0.05) is 16.8 Å². The molecule has 0 heterocycles. The summed E-state index contributed by atoms with van der Waals surface area (Å²) in [6, 6.07) is 7.59. The first-order valence-corrected chi connectivity index (χ1v) is 7.64. The van der Waals surface area contributed by atoms with E-state index in [1.807, 2.05) is 12.1 Å². The molecule has 1 atom stereocenters. The third-order valence-electron chi connectivity index (χ3n) is 4.14. The highest BCUT2D eigenvalue weighted by molar-refractivity contribution is 6.30. The molecule has 0 saturated heterocycles. The number of nitrogens with one attached hydrogen (secondary N) is 2. The summed E-state index contributed by atoms with van der Waals surface area (Å²) in [6.07, 6.45) is 4.92. The molecule has 1 aliphatic carbocycles. The van der Waals surface area contributed by atoms with Gasteiger partial charge in [0.05, 0.1) is 6.54 Å². The summed E-state index contributed by atoms with van der Waals surface area (Å²) in [7, 11) is 0. The smallest absolute Gasteiger partial charge is 0.238 e. The topological polar surface area (TPSA) is 41.1 Å². The average molecular weight is 295 g/mol. The molecule has 1 fully saturated rings. The van der Waals surface area contributed by atoms with Crippen molar-refractivity contribution in [2.24, 2.45) is 5.41 Å². The van der Waals surface area contributed by atoms with Crippen LogP contribution in [0.2, 0.25) is 5.02 Å². The maximum absolute atomic E-state index is 11.9. The van der Waals surface area contributed by atoms with Gasteiger partial charge >= 0.3 is 0 Å². The van der Waals surface area contributed by atoms with Gasteiger partial charge in [-0.1, -0.05) is 38.3 Å². The van der Waals surface area contributed by atoms with Gasteiger partial charge in [0.2, 0.25) is 5.91 Å². The Bertz CT molecular complexity index is 456. The monoisotopic (exact) mass is 294 g/mol. The molecule has 0 bridgehead atoms. The minimum absolute atomic E-state index is 0.00584. The zero-order chi connectivity index (χ0) is 14.6. The fourth-order valence-electron chi connectivity index (χ4n) is 2.83. The number of amides is 1. The number of hydrogen-bond acceptors (Lipinski definition) is 2. The van der Waals surface area contributed by atoms with Crippen molar-refractivity contribution in [1.29, 1.82) is 0 Å². The molecule has 1 unspecified atom stereocenters. The second-order valence-corrected chi connectivity index (χ2v) is 6.66. The van der Waals surface area contributed by atoms with Crippen LogP contribution >= 0.6 is 11.6 Å². The van der Waals surface area contributed by atoms with Gasteiger partial charge in [-0.25, -0.2) is 0 Å². The second-order valence-electron chi connectivity index (χ2n) is 6.22. The Labute approximate surface area is 126 Å². The van der Waals surface area contributed by atoms with Crippen LogP contribution in [-0.2, 0) is 4.79 Å². The highest BCUT2D eigenvalue weighted by atomic mass is 35.5. The third-order valence-corrected chi connectivity index (χ3v) is 4.40. The Kier molecular flexibility index (Phi) is 5.06. The molecular formula is C16H23ClN2O. The molecule has 1 aliphatic rings. The van der Waals surface area contributed by atoms with Crippen LogP contribution in [0.3, 0.4) is 0 Å². The number of benzene rings is 1. The van der Waals surface area contributed by atoms with Crippen LogP contribution in [0.4, 0.5) is 5.69 Å². The van der Waals surface area contributed by atoms with Crippen molar-refractivity contribution >= 4 is 23.2 Å². The number of rotatable bonds is 4. The molecule has 2 rings (SSSR count). The predicted octanol–water partition coefficient (Wildman–Crippen LogP) is 3.84. The lowest BCUT2D eigenvalue weighted by Gasteiger charge is -2.39. The maximum Gasteiger partial charge on any atom is 0.238 e.